The first-order valence-electron chi connectivity index (χ1n) is 7.76. The molecule has 2 aromatic carbocycles. The van der Waals surface area contributed by atoms with E-state index < -0.39 is 18.6 Å². The summed E-state index contributed by atoms with van der Waals surface area (Å²) >= 11 is 0. The van der Waals surface area contributed by atoms with E-state index in [0.29, 0.717) is 0 Å². The zero-order valence-corrected chi connectivity index (χ0v) is 13.2. The Bertz CT molecular complexity index is 760. The number of alkyl halides is 3. The largest absolute Gasteiger partial charge is 0.405 e. The van der Waals surface area contributed by atoms with Gasteiger partial charge in [0, 0.05) is 6.42 Å². The van der Waals surface area contributed by atoms with Crippen LogP contribution in [0.15, 0.2) is 65.8 Å². The zero-order valence-electron chi connectivity index (χ0n) is 13.2. The van der Waals surface area contributed by atoms with Crippen molar-refractivity contribution < 1.29 is 18.0 Å². The molecule has 0 aromatic heterocycles. The smallest absolute Gasteiger partial charge is 0.342 e. The molecule has 0 radical (unpaired) electrons. The van der Waals surface area contributed by atoms with E-state index in [2.05, 4.69) is 5.10 Å². The molecule has 25 heavy (non-hydrogen) atoms. The van der Waals surface area contributed by atoms with Gasteiger partial charge in [0.05, 0.1) is 11.7 Å². The van der Waals surface area contributed by atoms with Crippen LogP contribution in [-0.4, -0.2) is 24.3 Å². The number of benzene rings is 2. The van der Waals surface area contributed by atoms with Crippen molar-refractivity contribution >= 4 is 17.3 Å². The van der Waals surface area contributed by atoms with Crippen molar-refractivity contribution in [1.82, 2.24) is 5.32 Å². The summed E-state index contributed by atoms with van der Waals surface area (Å²) in [6, 6.07) is 18.4. The molecule has 1 aliphatic heterocycles. The molecule has 0 saturated carbocycles. The Labute approximate surface area is 143 Å². The van der Waals surface area contributed by atoms with E-state index >= 15 is 0 Å². The number of anilines is 1. The molecule has 0 unspecified atom stereocenters. The van der Waals surface area contributed by atoms with Gasteiger partial charge < -0.3 is 5.32 Å². The molecule has 130 valence electrons. The lowest BCUT2D eigenvalue weighted by Gasteiger charge is -2.23. The predicted molar refractivity (Wildman–Crippen MR) is 89.2 cm³/mol. The molecular formula is C18H16F3N3O. The van der Waals surface area contributed by atoms with Crippen LogP contribution in [-0.2, 0) is 4.79 Å². The van der Waals surface area contributed by atoms with E-state index in [4.69, 9.17) is 0 Å². The second-order valence-electron chi connectivity index (χ2n) is 5.66. The van der Waals surface area contributed by atoms with E-state index in [9.17, 15) is 18.0 Å². The van der Waals surface area contributed by atoms with Gasteiger partial charge in [-0.1, -0.05) is 48.5 Å². The lowest BCUT2D eigenvalue weighted by Crippen LogP contribution is -2.37. The first-order chi connectivity index (χ1) is 11.9. The van der Waals surface area contributed by atoms with Crippen LogP contribution >= 0.6 is 0 Å². The van der Waals surface area contributed by atoms with Crippen molar-refractivity contribution in [2.75, 3.05) is 11.6 Å². The lowest BCUT2D eigenvalue weighted by molar-refractivity contribution is -0.134. The number of hydrogen-bond acceptors (Lipinski definition) is 3. The van der Waals surface area contributed by atoms with E-state index in [1.165, 1.54) is 0 Å². The molecule has 1 N–H and O–H groups in total. The number of carbonyl (C=O) groups excluding carboxylic acids is 1. The highest BCUT2D eigenvalue weighted by Crippen LogP contribution is 2.35. The Morgan fingerprint density at radius 2 is 1.68 bits per heavy atom. The normalized spacial score (nSPS) is 17.3. The van der Waals surface area contributed by atoms with Gasteiger partial charge in [-0.25, -0.2) is 0 Å². The molecule has 0 fully saturated rings. The summed E-state index contributed by atoms with van der Waals surface area (Å²) < 4.78 is 37.0. The van der Waals surface area contributed by atoms with Crippen molar-refractivity contribution in [3.05, 3.63) is 66.2 Å². The molecule has 0 aliphatic carbocycles. The Morgan fingerprint density at radius 1 is 1.08 bits per heavy atom. The number of hydrazone groups is 1. The molecule has 0 saturated heterocycles. The molecule has 4 nitrogen and oxygen atoms in total. The van der Waals surface area contributed by atoms with Gasteiger partial charge in [-0.05, 0) is 17.7 Å². The fourth-order valence-corrected chi connectivity index (χ4v) is 2.68. The average molecular weight is 347 g/mol. The molecular weight excluding hydrogens is 331 g/mol. The van der Waals surface area contributed by atoms with Gasteiger partial charge in [0.25, 0.3) is 5.91 Å². The number of hydrogen-bond donors (Lipinski definition) is 1. The van der Waals surface area contributed by atoms with Crippen LogP contribution in [0.5, 0.6) is 0 Å². The third-order valence-corrected chi connectivity index (χ3v) is 3.83. The molecule has 0 spiro atoms. The maximum atomic E-state index is 12.3. The van der Waals surface area contributed by atoms with Crippen LogP contribution in [0, 0.1) is 0 Å². The molecule has 1 heterocycles. The monoisotopic (exact) mass is 347 g/mol. The van der Waals surface area contributed by atoms with E-state index in [-0.39, 0.29) is 18.2 Å². The minimum Gasteiger partial charge on any atom is -0.342 e. The topological polar surface area (TPSA) is 44.7 Å². The lowest BCUT2D eigenvalue weighted by atomic mass is 10.0. The van der Waals surface area contributed by atoms with Crippen LogP contribution in [0.3, 0.4) is 0 Å². The number of nitrogens with zero attached hydrogens (tertiary/aromatic N) is 2. The summed E-state index contributed by atoms with van der Waals surface area (Å²) in [7, 11) is 0. The summed E-state index contributed by atoms with van der Waals surface area (Å²) in [5, 5.41) is 7.85. The minimum atomic E-state index is -4.45. The Balaban J connectivity index is 1.85. The van der Waals surface area contributed by atoms with Crippen molar-refractivity contribution in [3.63, 3.8) is 0 Å². The van der Waals surface area contributed by atoms with Crippen LogP contribution in [0.4, 0.5) is 18.9 Å². The van der Waals surface area contributed by atoms with Crippen molar-refractivity contribution in [1.29, 1.82) is 0 Å². The summed E-state index contributed by atoms with van der Waals surface area (Å²) in [5.41, 5.74) is 1.80. The molecule has 3 rings (SSSR count). The van der Waals surface area contributed by atoms with Crippen LogP contribution in [0.25, 0.3) is 0 Å². The van der Waals surface area contributed by atoms with Crippen molar-refractivity contribution in [2.45, 2.75) is 18.6 Å². The van der Waals surface area contributed by atoms with Crippen molar-refractivity contribution in [3.8, 4) is 0 Å². The maximum Gasteiger partial charge on any atom is 0.405 e. The Hall–Kier alpha value is -2.83. The fourth-order valence-electron chi connectivity index (χ4n) is 2.68. The SMILES string of the molecule is O=C(NCC(F)(F)F)C1=NN(c2ccccc2)[C@H](c2ccccc2)C1. The average Bonchev–Trinajstić information content (AvgIpc) is 3.06. The fraction of sp³-hybridized carbons (Fsp3) is 0.222. The van der Waals surface area contributed by atoms with E-state index in [0.717, 1.165) is 11.3 Å². The highest BCUT2D eigenvalue weighted by atomic mass is 19.4. The first-order valence-corrected chi connectivity index (χ1v) is 7.76. The Kier molecular flexibility index (Phi) is 4.74. The number of para-hydroxylation sites is 1. The number of amides is 1. The van der Waals surface area contributed by atoms with Gasteiger partial charge >= 0.3 is 6.18 Å². The second-order valence-corrected chi connectivity index (χ2v) is 5.66. The minimum absolute atomic E-state index is 0.0851. The van der Waals surface area contributed by atoms with Gasteiger partial charge in [0.15, 0.2) is 0 Å². The van der Waals surface area contributed by atoms with Crippen LogP contribution in [0.2, 0.25) is 0 Å². The highest BCUT2D eigenvalue weighted by Gasteiger charge is 2.34. The standard InChI is InChI=1S/C18H16F3N3O/c19-18(20,21)12-22-17(25)15-11-16(13-7-3-1-4-8-13)24(23-15)14-9-5-2-6-10-14/h1-10,16H,11-12H2,(H,22,25)/t16-/m0/s1. The summed E-state index contributed by atoms with van der Waals surface area (Å²) in [5.74, 6) is -0.795. The molecule has 7 heteroatoms. The molecule has 2 aromatic rings. The quantitative estimate of drug-likeness (QED) is 0.917. The number of halogens is 3. The molecule has 1 amide bonds. The zero-order chi connectivity index (χ0) is 17.9. The molecule has 1 aliphatic rings. The third kappa shape index (κ3) is 4.17. The van der Waals surface area contributed by atoms with Gasteiger partial charge in [0.2, 0.25) is 0 Å². The summed E-state index contributed by atoms with van der Waals surface area (Å²) in [6.45, 7) is -1.37. The van der Waals surface area contributed by atoms with Gasteiger partial charge in [-0.2, -0.15) is 18.3 Å². The number of rotatable bonds is 4. The first kappa shape index (κ1) is 17.0. The van der Waals surface area contributed by atoms with Crippen LogP contribution in [0.1, 0.15) is 18.0 Å². The highest BCUT2D eigenvalue weighted by molar-refractivity contribution is 6.39. The van der Waals surface area contributed by atoms with Crippen molar-refractivity contribution in [2.24, 2.45) is 5.10 Å². The Morgan fingerprint density at radius 3 is 2.28 bits per heavy atom. The van der Waals surface area contributed by atoms with Gasteiger partial charge in [0.1, 0.15) is 12.3 Å². The van der Waals surface area contributed by atoms with E-state index in [1.54, 1.807) is 5.01 Å². The van der Waals surface area contributed by atoms with Gasteiger partial charge in [-0.3, -0.25) is 9.80 Å². The molecule has 0 bridgehead atoms. The van der Waals surface area contributed by atoms with Gasteiger partial charge in [-0.15, -0.1) is 0 Å². The van der Waals surface area contributed by atoms with E-state index in [1.807, 2.05) is 66.0 Å². The molecule has 1 atom stereocenters. The van der Waals surface area contributed by atoms with Crippen LogP contribution < -0.4 is 10.3 Å². The maximum absolute atomic E-state index is 12.3. The second kappa shape index (κ2) is 6.96. The summed E-state index contributed by atoms with van der Waals surface area (Å²) in [4.78, 5) is 12.1. The third-order valence-electron chi connectivity index (χ3n) is 3.83. The number of carbonyl (C=O) groups is 1. The predicted octanol–water partition coefficient (Wildman–Crippen LogP) is 3.67. The number of nitrogens with one attached hydrogen (secondary N) is 1. The summed E-state index contributed by atoms with van der Waals surface area (Å²) in [6.07, 6.45) is -4.21.